The van der Waals surface area contributed by atoms with Gasteiger partial charge < -0.3 is 14.4 Å². The van der Waals surface area contributed by atoms with Crippen molar-refractivity contribution in [2.75, 3.05) is 25.1 Å². The summed E-state index contributed by atoms with van der Waals surface area (Å²) < 4.78 is 38.2. The quantitative estimate of drug-likeness (QED) is 0.535. The lowest BCUT2D eigenvalue weighted by atomic mass is 10.0. The van der Waals surface area contributed by atoms with Crippen molar-refractivity contribution in [3.8, 4) is 29.1 Å². The molecule has 34 heavy (non-hydrogen) atoms. The number of piperidine rings is 1. The van der Waals surface area contributed by atoms with Crippen LogP contribution in [0.25, 0.3) is 11.4 Å². The molecular formula is C25H23F2N5O2. The molecule has 5 rings (SSSR count). The van der Waals surface area contributed by atoms with Crippen molar-refractivity contribution in [3.05, 3.63) is 59.9 Å². The van der Waals surface area contributed by atoms with Crippen molar-refractivity contribution in [2.45, 2.75) is 37.2 Å². The topological polar surface area (TPSA) is 84.2 Å². The van der Waals surface area contributed by atoms with E-state index in [9.17, 15) is 14.0 Å². The SMILES string of the molecule is COc1cccc(-c2nc(C3(C#N)CC3)cnc2N2CCC(Oc3ccc(F)cc3F)CC2)n1. The number of benzene rings is 1. The van der Waals surface area contributed by atoms with Gasteiger partial charge in [0, 0.05) is 38.1 Å². The number of nitrogens with zero attached hydrogens (tertiary/aromatic N) is 5. The van der Waals surface area contributed by atoms with E-state index in [1.165, 1.54) is 12.1 Å². The zero-order valence-corrected chi connectivity index (χ0v) is 18.7. The van der Waals surface area contributed by atoms with Crippen molar-refractivity contribution in [1.82, 2.24) is 15.0 Å². The molecule has 1 saturated heterocycles. The van der Waals surface area contributed by atoms with Gasteiger partial charge in [-0.3, -0.25) is 0 Å². The second-order valence-corrected chi connectivity index (χ2v) is 8.57. The average Bonchev–Trinajstić information content (AvgIpc) is 3.67. The predicted octanol–water partition coefficient (Wildman–Crippen LogP) is 4.43. The number of anilines is 1. The number of hydrogen-bond acceptors (Lipinski definition) is 7. The summed E-state index contributed by atoms with van der Waals surface area (Å²) in [7, 11) is 1.55. The van der Waals surface area contributed by atoms with Gasteiger partial charge in [-0.25, -0.2) is 23.7 Å². The molecule has 0 amide bonds. The zero-order chi connectivity index (χ0) is 23.7. The highest BCUT2D eigenvalue weighted by atomic mass is 19.1. The number of rotatable bonds is 6. The predicted molar refractivity (Wildman–Crippen MR) is 121 cm³/mol. The van der Waals surface area contributed by atoms with Gasteiger partial charge in [0.15, 0.2) is 17.4 Å². The Hall–Kier alpha value is -3.80. The minimum Gasteiger partial charge on any atom is -0.487 e. The van der Waals surface area contributed by atoms with Gasteiger partial charge >= 0.3 is 0 Å². The lowest BCUT2D eigenvalue weighted by Crippen LogP contribution is -2.39. The Labute approximate surface area is 196 Å². The van der Waals surface area contributed by atoms with Crippen molar-refractivity contribution in [2.24, 2.45) is 0 Å². The first-order valence-electron chi connectivity index (χ1n) is 11.2. The van der Waals surface area contributed by atoms with E-state index in [0.717, 1.165) is 18.9 Å². The number of hydrogen-bond donors (Lipinski definition) is 0. The van der Waals surface area contributed by atoms with Crippen LogP contribution in [0, 0.1) is 23.0 Å². The minimum atomic E-state index is -0.707. The Morgan fingerprint density at radius 1 is 1.12 bits per heavy atom. The number of pyridine rings is 1. The maximum Gasteiger partial charge on any atom is 0.213 e. The van der Waals surface area contributed by atoms with Crippen LogP contribution in [0.4, 0.5) is 14.6 Å². The molecule has 3 aromatic rings. The molecule has 0 bridgehead atoms. The normalized spacial score (nSPS) is 17.2. The van der Waals surface area contributed by atoms with Crippen molar-refractivity contribution in [3.63, 3.8) is 0 Å². The Morgan fingerprint density at radius 2 is 1.91 bits per heavy atom. The maximum atomic E-state index is 14.0. The first-order valence-corrected chi connectivity index (χ1v) is 11.2. The van der Waals surface area contributed by atoms with E-state index in [-0.39, 0.29) is 11.9 Å². The molecular weight excluding hydrogens is 440 g/mol. The fraction of sp³-hybridized carbons (Fsp3) is 0.360. The lowest BCUT2D eigenvalue weighted by Gasteiger charge is -2.33. The third kappa shape index (κ3) is 4.23. The van der Waals surface area contributed by atoms with E-state index in [2.05, 4.69) is 16.0 Å². The summed E-state index contributed by atoms with van der Waals surface area (Å²) in [5.74, 6) is -0.154. The molecule has 174 valence electrons. The molecule has 2 aromatic heterocycles. The van der Waals surface area contributed by atoms with Crippen molar-refractivity contribution >= 4 is 5.82 Å². The van der Waals surface area contributed by atoms with E-state index in [1.807, 2.05) is 12.1 Å². The first kappa shape index (κ1) is 22.0. The standard InChI is InChI=1S/C25H23F2N5O2/c1-33-22-4-2-3-19(30-22)23-24(29-14-21(31-23)25(15-28)9-10-25)32-11-7-17(8-12-32)34-20-6-5-16(26)13-18(20)27/h2-6,13-14,17H,7-12H2,1H3. The van der Waals surface area contributed by atoms with E-state index in [0.29, 0.717) is 54.7 Å². The average molecular weight is 463 g/mol. The van der Waals surface area contributed by atoms with Crippen LogP contribution in [0.15, 0.2) is 42.6 Å². The van der Waals surface area contributed by atoms with Gasteiger partial charge in [0.2, 0.25) is 5.88 Å². The van der Waals surface area contributed by atoms with Crippen molar-refractivity contribution in [1.29, 1.82) is 5.26 Å². The van der Waals surface area contributed by atoms with Crippen LogP contribution >= 0.6 is 0 Å². The fourth-order valence-corrected chi connectivity index (χ4v) is 4.16. The monoisotopic (exact) mass is 463 g/mol. The summed E-state index contributed by atoms with van der Waals surface area (Å²) in [6.45, 7) is 1.23. The Kier molecular flexibility index (Phi) is 5.74. The number of aromatic nitrogens is 3. The molecule has 7 nitrogen and oxygen atoms in total. The summed E-state index contributed by atoms with van der Waals surface area (Å²) in [6.07, 6.45) is 4.29. The second-order valence-electron chi connectivity index (χ2n) is 8.57. The van der Waals surface area contributed by atoms with E-state index < -0.39 is 17.0 Å². The lowest BCUT2D eigenvalue weighted by molar-refractivity contribution is 0.163. The molecule has 1 aliphatic carbocycles. The molecule has 1 saturated carbocycles. The highest BCUT2D eigenvalue weighted by Crippen LogP contribution is 2.47. The van der Waals surface area contributed by atoms with Gasteiger partial charge in [0.1, 0.15) is 23.0 Å². The fourth-order valence-electron chi connectivity index (χ4n) is 4.16. The second kappa shape index (κ2) is 8.86. The Morgan fingerprint density at radius 3 is 2.59 bits per heavy atom. The zero-order valence-electron chi connectivity index (χ0n) is 18.7. The van der Waals surface area contributed by atoms with E-state index in [4.69, 9.17) is 19.4 Å². The molecule has 0 spiro atoms. The number of nitriles is 1. The highest BCUT2D eigenvalue weighted by molar-refractivity contribution is 5.70. The molecule has 2 aliphatic rings. The molecule has 1 aromatic carbocycles. The van der Waals surface area contributed by atoms with Crippen LogP contribution in [0.2, 0.25) is 0 Å². The van der Waals surface area contributed by atoms with Gasteiger partial charge in [-0.05, 0) is 31.0 Å². The van der Waals surface area contributed by atoms with E-state index >= 15 is 0 Å². The third-order valence-electron chi connectivity index (χ3n) is 6.31. The third-order valence-corrected chi connectivity index (χ3v) is 6.31. The van der Waals surface area contributed by atoms with Gasteiger partial charge in [0.05, 0.1) is 30.8 Å². The number of ether oxygens (including phenoxy) is 2. The maximum absolute atomic E-state index is 14.0. The van der Waals surface area contributed by atoms with Crippen LogP contribution in [0.1, 0.15) is 31.4 Å². The van der Waals surface area contributed by atoms with Crippen LogP contribution in [-0.4, -0.2) is 41.3 Å². The summed E-state index contributed by atoms with van der Waals surface area (Å²) in [5, 5.41) is 9.63. The molecule has 1 aliphatic heterocycles. The smallest absolute Gasteiger partial charge is 0.213 e. The molecule has 0 atom stereocenters. The summed E-state index contributed by atoms with van der Waals surface area (Å²) in [5.41, 5.74) is 1.30. The molecule has 3 heterocycles. The van der Waals surface area contributed by atoms with Gasteiger partial charge in [0.25, 0.3) is 0 Å². The first-order chi connectivity index (χ1) is 16.5. The Bertz CT molecular complexity index is 1250. The van der Waals surface area contributed by atoms with Crippen LogP contribution in [-0.2, 0) is 5.41 Å². The molecule has 2 fully saturated rings. The molecule has 0 radical (unpaired) electrons. The molecule has 9 heteroatoms. The number of methoxy groups -OCH3 is 1. The van der Waals surface area contributed by atoms with Gasteiger partial charge in [-0.15, -0.1) is 0 Å². The number of halogens is 2. The largest absolute Gasteiger partial charge is 0.487 e. The molecule has 0 N–H and O–H groups in total. The minimum absolute atomic E-state index is 0.0523. The van der Waals surface area contributed by atoms with E-state index in [1.54, 1.807) is 19.4 Å². The van der Waals surface area contributed by atoms with Crippen molar-refractivity contribution < 1.29 is 18.3 Å². The van der Waals surface area contributed by atoms with Crippen LogP contribution in [0.5, 0.6) is 11.6 Å². The van der Waals surface area contributed by atoms with Crippen LogP contribution in [0.3, 0.4) is 0 Å². The summed E-state index contributed by atoms with van der Waals surface area (Å²) in [6, 6.07) is 11.1. The summed E-state index contributed by atoms with van der Waals surface area (Å²) in [4.78, 5) is 16.2. The van der Waals surface area contributed by atoms with Crippen LogP contribution < -0.4 is 14.4 Å². The van der Waals surface area contributed by atoms with Gasteiger partial charge in [-0.1, -0.05) is 6.07 Å². The Balaban J connectivity index is 1.39. The summed E-state index contributed by atoms with van der Waals surface area (Å²) >= 11 is 0. The van der Waals surface area contributed by atoms with Gasteiger partial charge in [-0.2, -0.15) is 5.26 Å². The highest BCUT2D eigenvalue weighted by Gasteiger charge is 2.47. The molecule has 0 unspecified atom stereocenters.